The molecule has 192 valence electrons. The molecule has 5 aromatic rings. The minimum Gasteiger partial charge on any atom is -0.494 e. The maximum Gasteiger partial charge on any atom is 0.281 e. The average Bonchev–Trinajstić information content (AvgIpc) is 3.33. The summed E-state index contributed by atoms with van der Waals surface area (Å²) in [6.07, 6.45) is 2.44. The highest BCUT2D eigenvalue weighted by Gasteiger charge is 2.28. The van der Waals surface area contributed by atoms with Crippen molar-refractivity contribution < 1.29 is 18.3 Å². The average molecular weight is 536 g/mol. The van der Waals surface area contributed by atoms with Crippen molar-refractivity contribution in [2.24, 2.45) is 0 Å². The second kappa shape index (κ2) is 10.0. The van der Waals surface area contributed by atoms with Gasteiger partial charge in [0.2, 0.25) is 0 Å². The Kier molecular flexibility index (Phi) is 6.59. The van der Waals surface area contributed by atoms with Crippen LogP contribution < -0.4 is 15.6 Å². The number of aromatic nitrogens is 6. The van der Waals surface area contributed by atoms with Crippen molar-refractivity contribution in [3.63, 3.8) is 0 Å². The van der Waals surface area contributed by atoms with E-state index in [-0.39, 0.29) is 22.3 Å². The Labute approximate surface area is 218 Å². The van der Waals surface area contributed by atoms with Gasteiger partial charge in [0, 0.05) is 34.8 Å². The molecule has 0 saturated heterocycles. The smallest absolute Gasteiger partial charge is 0.281 e. The lowest BCUT2D eigenvalue weighted by Gasteiger charge is -2.18. The molecular weight excluding hydrogens is 516 g/mol. The molecule has 0 spiro atoms. The highest BCUT2D eigenvalue weighted by molar-refractivity contribution is 7.22. The number of fused-ring (bicyclic) bond motifs is 1. The molecule has 5 aromatic heterocycles. The lowest BCUT2D eigenvalue weighted by Crippen LogP contribution is -2.25. The first-order valence-electron chi connectivity index (χ1n) is 11.2. The second-order valence-corrected chi connectivity index (χ2v) is 9.12. The lowest BCUT2D eigenvalue weighted by atomic mass is 9.98. The number of hydrogen-bond donors (Lipinski definition) is 1. The van der Waals surface area contributed by atoms with E-state index in [1.807, 2.05) is 0 Å². The molecular formula is C25H19F2N7O3S. The molecule has 1 N–H and O–H groups in total. The SMILES string of the molecule is COc1cnccc1-c1cc(-n2cnc(C)c(C)c2=O)nc(C(F)F)c1C(=O)Nc1nc2ncccc2s1. The fourth-order valence-corrected chi connectivity index (χ4v) is 4.64. The number of carbonyl (C=O) groups is 1. The summed E-state index contributed by atoms with van der Waals surface area (Å²) < 4.78 is 36.2. The van der Waals surface area contributed by atoms with Crippen molar-refractivity contribution in [3.8, 4) is 22.7 Å². The zero-order valence-corrected chi connectivity index (χ0v) is 21.1. The normalized spacial score (nSPS) is 11.2. The molecule has 0 fully saturated rings. The number of carbonyl (C=O) groups excluding carboxylic acids is 1. The Bertz CT molecular complexity index is 1720. The van der Waals surface area contributed by atoms with Crippen molar-refractivity contribution >= 4 is 32.7 Å². The number of nitrogens with zero attached hydrogens (tertiary/aromatic N) is 6. The van der Waals surface area contributed by atoms with Gasteiger partial charge in [-0.2, -0.15) is 4.98 Å². The third kappa shape index (κ3) is 4.47. The van der Waals surface area contributed by atoms with Crippen molar-refractivity contribution in [3.05, 3.63) is 82.1 Å². The molecule has 38 heavy (non-hydrogen) atoms. The van der Waals surface area contributed by atoms with Crippen LogP contribution in [-0.4, -0.2) is 42.5 Å². The van der Waals surface area contributed by atoms with Gasteiger partial charge in [0.15, 0.2) is 10.8 Å². The van der Waals surface area contributed by atoms with Gasteiger partial charge in [-0.15, -0.1) is 0 Å². The topological polar surface area (TPSA) is 125 Å². The minimum absolute atomic E-state index is 0.0615. The number of aryl methyl sites for hydroxylation is 1. The molecule has 5 rings (SSSR count). The van der Waals surface area contributed by atoms with Crippen LogP contribution in [0.4, 0.5) is 13.9 Å². The number of nitrogens with one attached hydrogen (secondary N) is 1. The van der Waals surface area contributed by atoms with E-state index in [4.69, 9.17) is 4.74 Å². The maximum absolute atomic E-state index is 14.5. The minimum atomic E-state index is -3.16. The van der Waals surface area contributed by atoms with Crippen molar-refractivity contribution in [1.82, 2.24) is 29.5 Å². The summed E-state index contributed by atoms with van der Waals surface area (Å²) in [5, 5.41) is 2.77. The molecule has 0 saturated carbocycles. The molecule has 10 nitrogen and oxygen atoms in total. The van der Waals surface area contributed by atoms with Gasteiger partial charge in [-0.25, -0.2) is 23.7 Å². The van der Waals surface area contributed by atoms with E-state index in [2.05, 4.69) is 30.2 Å². The number of hydrogen-bond acceptors (Lipinski definition) is 9. The molecule has 1 amide bonds. The quantitative estimate of drug-likeness (QED) is 0.337. The first-order valence-corrected chi connectivity index (χ1v) is 12.0. The van der Waals surface area contributed by atoms with Gasteiger partial charge in [0.1, 0.15) is 23.6 Å². The molecule has 0 aliphatic rings. The molecule has 0 aliphatic heterocycles. The zero-order valence-electron chi connectivity index (χ0n) is 20.3. The first kappa shape index (κ1) is 25.0. The first-order chi connectivity index (χ1) is 18.3. The van der Waals surface area contributed by atoms with Gasteiger partial charge < -0.3 is 4.74 Å². The Morgan fingerprint density at radius 2 is 1.95 bits per heavy atom. The third-order valence-corrected chi connectivity index (χ3v) is 6.77. The van der Waals surface area contributed by atoms with Gasteiger partial charge >= 0.3 is 0 Å². The number of ether oxygens (including phenoxy) is 1. The van der Waals surface area contributed by atoms with E-state index in [1.54, 1.807) is 32.2 Å². The standard InChI is InChI=1S/C25H19F2N7O3S/c1-12-13(2)30-11-34(24(12)36)18-9-15(14-6-8-28-10-16(14)37-3)19(20(31-18)21(26)27)23(35)33-25-32-22-17(38-25)5-4-7-29-22/h4-11,21H,1-3H3,(H,29,32,33,35). The van der Waals surface area contributed by atoms with Crippen LogP contribution in [0.1, 0.15) is 33.7 Å². The van der Waals surface area contributed by atoms with Crippen LogP contribution in [0.5, 0.6) is 5.75 Å². The number of rotatable bonds is 6. The van der Waals surface area contributed by atoms with Crippen LogP contribution in [0, 0.1) is 13.8 Å². The molecule has 0 radical (unpaired) electrons. The fourth-order valence-electron chi connectivity index (χ4n) is 3.82. The summed E-state index contributed by atoms with van der Waals surface area (Å²) in [6.45, 7) is 3.24. The number of pyridine rings is 3. The Hall–Kier alpha value is -4.65. The number of anilines is 1. The van der Waals surface area contributed by atoms with Crippen LogP contribution in [0.2, 0.25) is 0 Å². The molecule has 0 atom stereocenters. The van der Waals surface area contributed by atoms with Crippen LogP contribution >= 0.6 is 11.3 Å². The van der Waals surface area contributed by atoms with Crippen LogP contribution in [0.3, 0.4) is 0 Å². The predicted molar refractivity (Wildman–Crippen MR) is 137 cm³/mol. The summed E-state index contributed by atoms with van der Waals surface area (Å²) in [5.74, 6) is -0.762. The number of methoxy groups -OCH3 is 1. The van der Waals surface area contributed by atoms with Crippen molar-refractivity contribution in [2.45, 2.75) is 20.3 Å². The summed E-state index contributed by atoms with van der Waals surface area (Å²) >= 11 is 1.15. The van der Waals surface area contributed by atoms with E-state index < -0.39 is 29.1 Å². The van der Waals surface area contributed by atoms with Crippen LogP contribution in [0.25, 0.3) is 27.3 Å². The molecule has 0 aliphatic carbocycles. The largest absolute Gasteiger partial charge is 0.494 e. The van der Waals surface area contributed by atoms with Crippen LogP contribution in [0.15, 0.2) is 54.0 Å². The van der Waals surface area contributed by atoms with Crippen LogP contribution in [-0.2, 0) is 0 Å². The summed E-state index contributed by atoms with van der Waals surface area (Å²) in [7, 11) is 1.39. The van der Waals surface area contributed by atoms with E-state index in [9.17, 15) is 18.4 Å². The maximum atomic E-state index is 14.5. The Morgan fingerprint density at radius 1 is 1.13 bits per heavy atom. The van der Waals surface area contributed by atoms with E-state index in [0.29, 0.717) is 27.2 Å². The fraction of sp³-hybridized carbons (Fsp3) is 0.160. The number of amides is 1. The van der Waals surface area contributed by atoms with Gasteiger partial charge in [-0.1, -0.05) is 11.3 Å². The zero-order chi connectivity index (χ0) is 27.0. The Balaban J connectivity index is 1.74. The monoisotopic (exact) mass is 535 g/mol. The molecule has 13 heteroatoms. The van der Waals surface area contributed by atoms with Gasteiger partial charge in [-0.05, 0) is 38.1 Å². The van der Waals surface area contributed by atoms with Crippen molar-refractivity contribution in [1.29, 1.82) is 0 Å². The lowest BCUT2D eigenvalue weighted by molar-refractivity contribution is 0.101. The summed E-state index contributed by atoms with van der Waals surface area (Å²) in [6, 6.07) is 6.39. The highest BCUT2D eigenvalue weighted by Crippen LogP contribution is 2.37. The molecule has 0 unspecified atom stereocenters. The number of alkyl halides is 2. The molecule has 0 aromatic carbocycles. The highest BCUT2D eigenvalue weighted by atomic mass is 32.1. The predicted octanol–water partition coefficient (Wildman–Crippen LogP) is 4.51. The van der Waals surface area contributed by atoms with E-state index >= 15 is 0 Å². The molecule has 5 heterocycles. The van der Waals surface area contributed by atoms with Gasteiger partial charge in [0.05, 0.1) is 23.6 Å². The van der Waals surface area contributed by atoms with Gasteiger partial charge in [0.25, 0.3) is 17.9 Å². The van der Waals surface area contributed by atoms with Crippen molar-refractivity contribution in [2.75, 3.05) is 12.4 Å². The number of thiazole rings is 1. The Morgan fingerprint density at radius 3 is 2.68 bits per heavy atom. The van der Waals surface area contributed by atoms with Gasteiger partial charge in [-0.3, -0.25) is 24.5 Å². The third-order valence-electron chi connectivity index (χ3n) is 5.84. The van der Waals surface area contributed by atoms with E-state index in [0.717, 1.165) is 15.9 Å². The number of halogens is 2. The molecule has 0 bridgehead atoms. The second-order valence-electron chi connectivity index (χ2n) is 8.09. The van der Waals surface area contributed by atoms with E-state index in [1.165, 1.54) is 38.0 Å². The summed E-state index contributed by atoms with van der Waals surface area (Å²) in [5.41, 5.74) is -0.0890. The summed E-state index contributed by atoms with van der Waals surface area (Å²) in [4.78, 5) is 47.1.